The van der Waals surface area contributed by atoms with Gasteiger partial charge in [0.25, 0.3) is 5.56 Å². The van der Waals surface area contributed by atoms with E-state index in [1.165, 1.54) is 6.20 Å². The first kappa shape index (κ1) is 18.1. The van der Waals surface area contributed by atoms with Gasteiger partial charge in [0.2, 0.25) is 5.92 Å². The first-order valence-corrected chi connectivity index (χ1v) is 9.44. The Bertz CT molecular complexity index is 913. The SMILES string of the molecule is O=C(O)[C@H]1CCCC[C@@H]1c1nc2c(cnn2C2CCC(F)(F)CC2)c(=O)[nH]1. The van der Waals surface area contributed by atoms with Crippen LogP contribution in [-0.4, -0.2) is 36.7 Å². The van der Waals surface area contributed by atoms with Gasteiger partial charge in [0.1, 0.15) is 11.2 Å². The van der Waals surface area contributed by atoms with Gasteiger partial charge in [0, 0.05) is 18.8 Å². The number of fused-ring (bicyclic) bond motifs is 1. The third kappa shape index (κ3) is 3.35. The minimum atomic E-state index is -2.65. The van der Waals surface area contributed by atoms with Gasteiger partial charge in [-0.2, -0.15) is 5.10 Å². The van der Waals surface area contributed by atoms with Crippen LogP contribution in [0.2, 0.25) is 0 Å². The number of carboxylic acid groups (broad SMARTS) is 1. The molecule has 2 atom stereocenters. The number of alkyl halides is 2. The number of rotatable bonds is 3. The van der Waals surface area contributed by atoms with Crippen LogP contribution in [0.5, 0.6) is 0 Å². The highest BCUT2D eigenvalue weighted by atomic mass is 19.3. The molecule has 0 saturated heterocycles. The van der Waals surface area contributed by atoms with E-state index in [9.17, 15) is 23.5 Å². The van der Waals surface area contributed by atoms with Crippen LogP contribution in [0.1, 0.15) is 69.2 Å². The number of aromatic nitrogens is 4. The second-order valence-electron chi connectivity index (χ2n) is 7.70. The Hall–Kier alpha value is -2.32. The van der Waals surface area contributed by atoms with Crippen LogP contribution < -0.4 is 5.56 Å². The van der Waals surface area contributed by atoms with Gasteiger partial charge in [-0.3, -0.25) is 9.59 Å². The summed E-state index contributed by atoms with van der Waals surface area (Å²) < 4.78 is 28.5. The van der Waals surface area contributed by atoms with Crippen molar-refractivity contribution in [2.24, 2.45) is 5.92 Å². The molecule has 2 saturated carbocycles. The number of hydrogen-bond donors (Lipinski definition) is 2. The number of carboxylic acids is 1. The number of halogens is 2. The van der Waals surface area contributed by atoms with Crippen LogP contribution in [0, 0.1) is 5.92 Å². The molecular weight excluding hydrogens is 358 g/mol. The Kier molecular flexibility index (Phi) is 4.47. The average Bonchev–Trinajstić information content (AvgIpc) is 3.06. The van der Waals surface area contributed by atoms with Gasteiger partial charge < -0.3 is 10.1 Å². The van der Waals surface area contributed by atoms with Gasteiger partial charge >= 0.3 is 5.97 Å². The van der Waals surface area contributed by atoms with Crippen LogP contribution in [-0.2, 0) is 4.79 Å². The summed E-state index contributed by atoms with van der Waals surface area (Å²) >= 11 is 0. The lowest BCUT2D eigenvalue weighted by atomic mass is 9.79. The Labute approximate surface area is 153 Å². The molecule has 27 heavy (non-hydrogen) atoms. The number of hydrogen-bond acceptors (Lipinski definition) is 4. The summed E-state index contributed by atoms with van der Waals surface area (Å²) in [6, 6.07) is -0.231. The summed E-state index contributed by atoms with van der Waals surface area (Å²) in [5.41, 5.74) is -0.00391. The van der Waals surface area contributed by atoms with Crippen LogP contribution in [0.15, 0.2) is 11.0 Å². The van der Waals surface area contributed by atoms with Gasteiger partial charge in [-0.25, -0.2) is 18.4 Å². The number of carbonyl (C=O) groups is 1. The molecule has 0 unspecified atom stereocenters. The normalized spacial score (nSPS) is 26.3. The van der Waals surface area contributed by atoms with Gasteiger partial charge in [-0.1, -0.05) is 12.8 Å². The Morgan fingerprint density at radius 3 is 2.63 bits per heavy atom. The fraction of sp³-hybridized carbons (Fsp3) is 0.667. The predicted octanol–water partition coefficient (Wildman–Crippen LogP) is 3.23. The first-order valence-electron chi connectivity index (χ1n) is 9.44. The fourth-order valence-electron chi connectivity index (χ4n) is 4.42. The first-order chi connectivity index (χ1) is 12.9. The van der Waals surface area contributed by atoms with E-state index >= 15 is 0 Å². The molecule has 0 amide bonds. The molecule has 2 fully saturated rings. The van der Waals surface area contributed by atoms with Crippen molar-refractivity contribution < 1.29 is 18.7 Å². The Morgan fingerprint density at radius 2 is 1.93 bits per heavy atom. The molecule has 0 aromatic carbocycles. The smallest absolute Gasteiger partial charge is 0.307 e. The zero-order valence-corrected chi connectivity index (χ0v) is 14.8. The van der Waals surface area contributed by atoms with Crippen molar-refractivity contribution in [3.05, 3.63) is 22.4 Å². The zero-order valence-electron chi connectivity index (χ0n) is 14.8. The molecule has 9 heteroatoms. The monoisotopic (exact) mass is 380 g/mol. The maximum Gasteiger partial charge on any atom is 0.307 e. The maximum atomic E-state index is 13.5. The topological polar surface area (TPSA) is 101 Å². The summed E-state index contributed by atoms with van der Waals surface area (Å²) in [6.45, 7) is 0. The highest BCUT2D eigenvalue weighted by molar-refractivity contribution is 5.74. The van der Waals surface area contributed by atoms with Crippen molar-refractivity contribution in [3.8, 4) is 0 Å². The summed E-state index contributed by atoms with van der Waals surface area (Å²) in [6.07, 6.45) is 4.46. The minimum absolute atomic E-state index is 0.210. The van der Waals surface area contributed by atoms with E-state index in [2.05, 4.69) is 15.1 Å². The Morgan fingerprint density at radius 1 is 1.22 bits per heavy atom. The number of aliphatic carboxylic acids is 1. The highest BCUT2D eigenvalue weighted by Crippen LogP contribution is 2.39. The maximum absolute atomic E-state index is 13.5. The fourth-order valence-corrected chi connectivity index (χ4v) is 4.42. The summed E-state index contributed by atoms with van der Waals surface area (Å²) in [4.78, 5) is 31.4. The number of nitrogens with zero attached hydrogens (tertiary/aromatic N) is 3. The molecule has 0 radical (unpaired) electrons. The second-order valence-corrected chi connectivity index (χ2v) is 7.70. The second kappa shape index (κ2) is 6.69. The lowest BCUT2D eigenvalue weighted by Crippen LogP contribution is -2.29. The largest absolute Gasteiger partial charge is 0.481 e. The standard InChI is InChI=1S/C18H22F2N4O3/c19-18(20)7-5-10(6-8-18)24-15-13(9-21-24)16(25)23-14(22-15)11-3-1-2-4-12(11)17(26)27/h9-12H,1-8H2,(H,26,27)(H,22,23,25)/t11-,12-/m0/s1. The van der Waals surface area contributed by atoms with Crippen LogP contribution in [0.4, 0.5) is 8.78 Å². The van der Waals surface area contributed by atoms with Gasteiger partial charge in [-0.15, -0.1) is 0 Å². The number of aromatic amines is 1. The van der Waals surface area contributed by atoms with Crippen LogP contribution in [0.3, 0.4) is 0 Å². The molecule has 2 aromatic rings. The van der Waals surface area contributed by atoms with E-state index in [4.69, 9.17) is 0 Å². The van der Waals surface area contributed by atoms with E-state index in [0.29, 0.717) is 29.7 Å². The molecule has 0 spiro atoms. The van der Waals surface area contributed by atoms with Crippen molar-refractivity contribution >= 4 is 17.0 Å². The van der Waals surface area contributed by atoms with E-state index in [1.807, 2.05) is 0 Å². The van der Waals surface area contributed by atoms with Crippen molar-refractivity contribution in [1.29, 1.82) is 0 Å². The van der Waals surface area contributed by atoms with Gasteiger partial charge in [0.05, 0.1) is 18.2 Å². The Balaban J connectivity index is 1.72. The molecule has 7 nitrogen and oxygen atoms in total. The highest BCUT2D eigenvalue weighted by Gasteiger charge is 2.37. The molecule has 2 aliphatic rings. The number of H-pyrrole nitrogens is 1. The van der Waals surface area contributed by atoms with Gasteiger partial charge in [-0.05, 0) is 25.7 Å². The molecule has 2 heterocycles. The molecule has 2 aliphatic carbocycles. The molecule has 0 aliphatic heterocycles. The van der Waals surface area contributed by atoms with Crippen LogP contribution in [0.25, 0.3) is 11.0 Å². The van der Waals surface area contributed by atoms with E-state index in [1.54, 1.807) is 4.68 Å². The van der Waals surface area contributed by atoms with Crippen molar-refractivity contribution in [2.45, 2.75) is 69.2 Å². The van der Waals surface area contributed by atoms with Crippen molar-refractivity contribution in [3.63, 3.8) is 0 Å². The number of nitrogens with one attached hydrogen (secondary N) is 1. The predicted molar refractivity (Wildman–Crippen MR) is 92.9 cm³/mol. The van der Waals surface area contributed by atoms with Crippen LogP contribution >= 0.6 is 0 Å². The molecule has 0 bridgehead atoms. The van der Waals surface area contributed by atoms with Crippen molar-refractivity contribution in [2.75, 3.05) is 0 Å². The summed E-state index contributed by atoms with van der Waals surface area (Å²) in [5.74, 6) is -4.10. The lowest BCUT2D eigenvalue weighted by Gasteiger charge is -2.29. The van der Waals surface area contributed by atoms with Crippen molar-refractivity contribution in [1.82, 2.24) is 19.7 Å². The quantitative estimate of drug-likeness (QED) is 0.851. The van der Waals surface area contributed by atoms with E-state index in [0.717, 1.165) is 12.8 Å². The third-order valence-electron chi connectivity index (χ3n) is 5.95. The minimum Gasteiger partial charge on any atom is -0.481 e. The molecule has 4 rings (SSSR count). The van der Waals surface area contributed by atoms with E-state index < -0.39 is 17.8 Å². The average molecular weight is 380 g/mol. The summed E-state index contributed by atoms with van der Waals surface area (Å²) in [5, 5.41) is 14.1. The third-order valence-corrected chi connectivity index (χ3v) is 5.95. The van der Waals surface area contributed by atoms with E-state index in [-0.39, 0.29) is 43.2 Å². The molecule has 2 aromatic heterocycles. The zero-order chi connectivity index (χ0) is 19.2. The van der Waals surface area contributed by atoms with Gasteiger partial charge in [0.15, 0.2) is 5.65 Å². The summed E-state index contributed by atoms with van der Waals surface area (Å²) in [7, 11) is 0. The lowest BCUT2D eigenvalue weighted by molar-refractivity contribution is -0.143. The molecule has 146 valence electrons. The molecule has 2 N–H and O–H groups in total. The molecular formula is C18H22F2N4O3.